The maximum absolute atomic E-state index is 11.8. The third-order valence-electron chi connectivity index (χ3n) is 1.86. The largest absolute Gasteiger partial charge is 0.240 e. The minimum absolute atomic E-state index is 0.118. The summed E-state index contributed by atoms with van der Waals surface area (Å²) in [6.07, 6.45) is 0. The number of halogens is 1. The van der Waals surface area contributed by atoms with E-state index in [0.29, 0.717) is 5.33 Å². The third kappa shape index (κ3) is 4.50. The fourth-order valence-electron chi connectivity index (χ4n) is 1.23. The molecule has 0 aliphatic rings. The van der Waals surface area contributed by atoms with Crippen molar-refractivity contribution in [3.8, 4) is 11.8 Å². The summed E-state index contributed by atoms with van der Waals surface area (Å²) < 4.78 is 26.2. The molecule has 92 valence electrons. The van der Waals surface area contributed by atoms with Crippen LogP contribution in [0.15, 0.2) is 29.2 Å². The van der Waals surface area contributed by atoms with E-state index in [9.17, 15) is 8.42 Å². The number of alkyl halides is 1. The van der Waals surface area contributed by atoms with Gasteiger partial charge in [-0.25, -0.2) is 13.1 Å². The van der Waals surface area contributed by atoms with Crippen LogP contribution in [0.4, 0.5) is 0 Å². The van der Waals surface area contributed by atoms with Gasteiger partial charge in [0.05, 0.1) is 10.2 Å². The van der Waals surface area contributed by atoms with Gasteiger partial charge in [0, 0.05) is 11.6 Å². The van der Waals surface area contributed by atoms with Crippen LogP contribution in [0.1, 0.15) is 19.4 Å². The Morgan fingerprint density at radius 2 is 1.88 bits per heavy atom. The van der Waals surface area contributed by atoms with E-state index >= 15 is 0 Å². The van der Waals surface area contributed by atoms with Crippen molar-refractivity contribution in [1.82, 2.24) is 4.72 Å². The fraction of sp³-hybridized carbons (Fsp3) is 0.333. The number of benzene rings is 1. The van der Waals surface area contributed by atoms with Crippen molar-refractivity contribution >= 4 is 26.0 Å². The first-order chi connectivity index (χ1) is 7.95. The Morgan fingerprint density at radius 3 is 2.35 bits per heavy atom. The molecule has 0 bridgehead atoms. The molecule has 0 saturated carbocycles. The maximum atomic E-state index is 11.8. The van der Waals surface area contributed by atoms with Gasteiger partial charge in [0.25, 0.3) is 0 Å². The average molecular weight is 316 g/mol. The summed E-state index contributed by atoms with van der Waals surface area (Å²) in [4.78, 5) is 0.260. The molecule has 1 N–H and O–H groups in total. The molecule has 5 heteroatoms. The maximum Gasteiger partial charge on any atom is 0.240 e. The zero-order valence-electron chi connectivity index (χ0n) is 9.70. The van der Waals surface area contributed by atoms with Crippen LogP contribution < -0.4 is 4.72 Å². The monoisotopic (exact) mass is 315 g/mol. The van der Waals surface area contributed by atoms with Crippen molar-refractivity contribution < 1.29 is 8.42 Å². The van der Waals surface area contributed by atoms with Crippen LogP contribution >= 0.6 is 15.9 Å². The predicted octanol–water partition coefficient (Wildman–Crippen LogP) is 2.12. The molecule has 0 amide bonds. The van der Waals surface area contributed by atoms with Crippen molar-refractivity contribution in [2.24, 2.45) is 0 Å². The van der Waals surface area contributed by atoms with Crippen LogP contribution in [-0.2, 0) is 10.0 Å². The van der Waals surface area contributed by atoms with E-state index < -0.39 is 10.0 Å². The Balaban J connectivity index is 2.95. The van der Waals surface area contributed by atoms with Crippen LogP contribution in [0.5, 0.6) is 0 Å². The quantitative estimate of drug-likeness (QED) is 0.686. The van der Waals surface area contributed by atoms with Gasteiger partial charge in [-0.3, -0.25) is 0 Å². The molecule has 1 aromatic carbocycles. The molecule has 1 rings (SSSR count). The van der Waals surface area contributed by atoms with Gasteiger partial charge in [0.1, 0.15) is 0 Å². The SMILES string of the molecule is CC(C)NS(=O)(=O)c1ccc(C#CCBr)cc1. The highest BCUT2D eigenvalue weighted by Crippen LogP contribution is 2.10. The molecule has 0 fully saturated rings. The molecule has 0 spiro atoms. The van der Waals surface area contributed by atoms with Crippen molar-refractivity contribution in [2.45, 2.75) is 24.8 Å². The molecule has 0 aromatic heterocycles. The van der Waals surface area contributed by atoms with Gasteiger partial charge in [-0.15, -0.1) is 0 Å². The highest BCUT2D eigenvalue weighted by atomic mass is 79.9. The second-order valence-corrected chi connectivity index (χ2v) is 6.01. The molecule has 0 atom stereocenters. The van der Waals surface area contributed by atoms with Gasteiger partial charge < -0.3 is 0 Å². The van der Waals surface area contributed by atoms with E-state index in [1.165, 1.54) is 0 Å². The summed E-state index contributed by atoms with van der Waals surface area (Å²) in [7, 11) is -3.40. The first kappa shape index (κ1) is 14.2. The lowest BCUT2D eigenvalue weighted by molar-refractivity contribution is 0.570. The van der Waals surface area contributed by atoms with Crippen molar-refractivity contribution in [3.05, 3.63) is 29.8 Å². The first-order valence-electron chi connectivity index (χ1n) is 5.13. The van der Waals surface area contributed by atoms with E-state index in [0.717, 1.165) is 5.56 Å². The Bertz CT molecular complexity index is 524. The number of nitrogens with one attached hydrogen (secondary N) is 1. The van der Waals surface area contributed by atoms with Crippen LogP contribution in [0.2, 0.25) is 0 Å². The highest BCUT2D eigenvalue weighted by molar-refractivity contribution is 9.09. The van der Waals surface area contributed by atoms with Gasteiger partial charge in [-0.2, -0.15) is 0 Å². The second kappa shape index (κ2) is 6.20. The Kier molecular flexibility index (Phi) is 5.19. The summed E-state index contributed by atoms with van der Waals surface area (Å²) in [6.45, 7) is 3.57. The molecule has 0 saturated heterocycles. The number of hydrogen-bond acceptors (Lipinski definition) is 2. The fourth-order valence-corrected chi connectivity index (χ4v) is 2.62. The number of rotatable bonds is 3. The standard InChI is InChI=1S/C12H14BrNO2S/c1-10(2)14-17(15,16)12-7-5-11(6-8-12)4-3-9-13/h5-8,10,14H,9H2,1-2H3. The minimum Gasteiger partial charge on any atom is -0.209 e. The molecule has 0 aliphatic heterocycles. The van der Waals surface area contributed by atoms with Crippen LogP contribution in [-0.4, -0.2) is 19.8 Å². The van der Waals surface area contributed by atoms with Gasteiger partial charge in [0.2, 0.25) is 10.0 Å². The number of hydrogen-bond donors (Lipinski definition) is 1. The van der Waals surface area contributed by atoms with Gasteiger partial charge >= 0.3 is 0 Å². The zero-order valence-corrected chi connectivity index (χ0v) is 12.1. The smallest absolute Gasteiger partial charge is 0.209 e. The number of sulfonamides is 1. The molecule has 0 heterocycles. The highest BCUT2D eigenvalue weighted by Gasteiger charge is 2.14. The summed E-state index contributed by atoms with van der Waals surface area (Å²) in [5, 5.41) is 0.599. The lowest BCUT2D eigenvalue weighted by Gasteiger charge is -2.09. The summed E-state index contributed by atoms with van der Waals surface area (Å²) in [5.74, 6) is 5.76. The molecule has 1 aromatic rings. The third-order valence-corrected chi connectivity index (χ3v) is 3.81. The Labute approximate surface area is 111 Å². The summed E-state index contributed by atoms with van der Waals surface area (Å²) >= 11 is 3.20. The molecule has 17 heavy (non-hydrogen) atoms. The van der Waals surface area contributed by atoms with Gasteiger partial charge in [-0.1, -0.05) is 27.8 Å². The average Bonchev–Trinajstić information content (AvgIpc) is 2.25. The van der Waals surface area contributed by atoms with Crippen LogP contribution in [0.3, 0.4) is 0 Å². The predicted molar refractivity (Wildman–Crippen MR) is 72.6 cm³/mol. The molecule has 0 unspecified atom stereocenters. The summed E-state index contributed by atoms with van der Waals surface area (Å²) in [6, 6.07) is 6.40. The minimum atomic E-state index is -3.40. The Hall–Kier alpha value is -0.830. The van der Waals surface area contributed by atoms with Crippen molar-refractivity contribution in [3.63, 3.8) is 0 Å². The molecular formula is C12H14BrNO2S. The lowest BCUT2D eigenvalue weighted by atomic mass is 10.2. The van der Waals surface area contributed by atoms with E-state index in [1.807, 2.05) is 0 Å². The zero-order chi connectivity index (χ0) is 12.9. The first-order valence-corrected chi connectivity index (χ1v) is 7.73. The topological polar surface area (TPSA) is 46.2 Å². The molecular weight excluding hydrogens is 302 g/mol. The lowest BCUT2D eigenvalue weighted by Crippen LogP contribution is -2.30. The second-order valence-electron chi connectivity index (χ2n) is 3.74. The van der Waals surface area contributed by atoms with E-state index in [1.54, 1.807) is 38.1 Å². The van der Waals surface area contributed by atoms with Gasteiger partial charge in [-0.05, 0) is 38.1 Å². The molecule has 0 radical (unpaired) electrons. The Morgan fingerprint density at radius 1 is 1.29 bits per heavy atom. The van der Waals surface area contributed by atoms with Crippen LogP contribution in [0.25, 0.3) is 0 Å². The molecule has 0 aliphatic carbocycles. The van der Waals surface area contributed by atoms with Crippen LogP contribution in [0, 0.1) is 11.8 Å². The van der Waals surface area contributed by atoms with Crippen molar-refractivity contribution in [2.75, 3.05) is 5.33 Å². The van der Waals surface area contributed by atoms with E-state index in [4.69, 9.17) is 0 Å². The molecule has 3 nitrogen and oxygen atoms in total. The van der Waals surface area contributed by atoms with E-state index in [-0.39, 0.29) is 10.9 Å². The van der Waals surface area contributed by atoms with Crippen molar-refractivity contribution in [1.29, 1.82) is 0 Å². The normalized spacial score (nSPS) is 11.1. The van der Waals surface area contributed by atoms with Gasteiger partial charge in [0.15, 0.2) is 0 Å². The van der Waals surface area contributed by atoms with E-state index in [2.05, 4.69) is 32.5 Å². The summed E-state index contributed by atoms with van der Waals surface area (Å²) in [5.41, 5.74) is 0.799.